The van der Waals surface area contributed by atoms with E-state index in [2.05, 4.69) is 25.2 Å². The molecule has 0 aliphatic rings. The average Bonchev–Trinajstić information content (AvgIpc) is 2.65. The van der Waals surface area contributed by atoms with Crippen molar-refractivity contribution in [1.82, 2.24) is 19.9 Å². The van der Waals surface area contributed by atoms with Crippen LogP contribution in [0.25, 0.3) is 0 Å². The molecule has 0 radical (unpaired) electrons. The molecule has 3 aromatic rings. The second-order valence-corrected chi connectivity index (χ2v) is 7.01. The first-order valence-corrected chi connectivity index (χ1v) is 9.21. The van der Waals surface area contributed by atoms with Crippen molar-refractivity contribution in [1.29, 1.82) is 0 Å². The summed E-state index contributed by atoms with van der Waals surface area (Å²) in [7, 11) is 3.98. The third-order valence-corrected chi connectivity index (χ3v) is 4.57. The second-order valence-electron chi connectivity index (χ2n) is 7.01. The number of nitrogens with zero attached hydrogens (tertiary/aromatic N) is 2. The van der Waals surface area contributed by atoms with Crippen LogP contribution in [-0.2, 0) is 12.8 Å². The van der Waals surface area contributed by atoms with Gasteiger partial charge in [0.2, 0.25) is 11.5 Å². The van der Waals surface area contributed by atoms with Crippen LogP contribution in [0.4, 0.5) is 5.95 Å². The molecule has 1 aromatic carbocycles. The van der Waals surface area contributed by atoms with E-state index >= 15 is 0 Å². The molecule has 0 spiro atoms. The molecule has 0 saturated carbocycles. The van der Waals surface area contributed by atoms with Gasteiger partial charge in [0.1, 0.15) is 0 Å². The Morgan fingerprint density at radius 1 is 1.04 bits per heavy atom. The van der Waals surface area contributed by atoms with Crippen LogP contribution in [0.2, 0.25) is 0 Å². The Morgan fingerprint density at radius 2 is 1.82 bits per heavy atom. The minimum absolute atomic E-state index is 0.109. The van der Waals surface area contributed by atoms with Crippen molar-refractivity contribution in [2.45, 2.75) is 18.9 Å². The maximum absolute atomic E-state index is 12.0. The summed E-state index contributed by atoms with van der Waals surface area (Å²) in [5.41, 5.74) is 2.49. The lowest BCUT2D eigenvalue weighted by Gasteiger charge is -2.24. The van der Waals surface area contributed by atoms with Gasteiger partial charge in [-0.2, -0.15) is 0 Å². The van der Waals surface area contributed by atoms with Gasteiger partial charge in [0.05, 0.1) is 5.69 Å². The zero-order chi connectivity index (χ0) is 19.9. The van der Waals surface area contributed by atoms with Crippen molar-refractivity contribution >= 4 is 5.95 Å². The number of likely N-dealkylation sites (N-methyl/N-ethyl adjacent to an activating group) is 1. The van der Waals surface area contributed by atoms with E-state index in [9.17, 15) is 9.59 Å². The molecule has 28 heavy (non-hydrogen) atoms. The number of aromatic nitrogens is 3. The monoisotopic (exact) mass is 379 g/mol. The molecule has 2 heterocycles. The predicted octanol–water partition coefficient (Wildman–Crippen LogP) is 1.63. The number of H-pyrrole nitrogens is 2. The molecule has 0 amide bonds. The maximum atomic E-state index is 12.0. The zero-order valence-electron chi connectivity index (χ0n) is 16.1. The molecule has 0 aliphatic carbocycles. The SMILES string of the molecule is CN(C)[C@@H](CNc1nc(Cc2ccccc2)cc(=O)[nH]1)Cc1cc[nH]c(=O)c1. The van der Waals surface area contributed by atoms with Gasteiger partial charge in [0, 0.05) is 37.3 Å². The van der Waals surface area contributed by atoms with Gasteiger partial charge in [0.15, 0.2) is 0 Å². The first-order chi connectivity index (χ1) is 13.5. The predicted molar refractivity (Wildman–Crippen MR) is 111 cm³/mol. The quantitative estimate of drug-likeness (QED) is 0.553. The van der Waals surface area contributed by atoms with Crippen LogP contribution < -0.4 is 16.4 Å². The van der Waals surface area contributed by atoms with Crippen LogP contribution in [0.5, 0.6) is 0 Å². The van der Waals surface area contributed by atoms with E-state index in [1.807, 2.05) is 50.5 Å². The molecule has 7 nitrogen and oxygen atoms in total. The maximum Gasteiger partial charge on any atom is 0.252 e. The van der Waals surface area contributed by atoms with Gasteiger partial charge in [-0.15, -0.1) is 0 Å². The fourth-order valence-corrected chi connectivity index (χ4v) is 3.03. The number of pyridine rings is 1. The van der Waals surface area contributed by atoms with E-state index in [0.29, 0.717) is 31.0 Å². The van der Waals surface area contributed by atoms with Crippen molar-refractivity contribution in [3.63, 3.8) is 0 Å². The van der Waals surface area contributed by atoms with Crippen molar-refractivity contribution in [2.24, 2.45) is 0 Å². The Kier molecular flexibility index (Phi) is 6.39. The number of aromatic amines is 2. The summed E-state index contributed by atoms with van der Waals surface area (Å²) in [6, 6.07) is 15.1. The summed E-state index contributed by atoms with van der Waals surface area (Å²) in [6.07, 6.45) is 2.96. The molecule has 0 bridgehead atoms. The normalized spacial score (nSPS) is 12.1. The summed E-state index contributed by atoms with van der Waals surface area (Å²) in [4.78, 5) is 35.5. The number of rotatable bonds is 8. The number of hydrogen-bond acceptors (Lipinski definition) is 5. The van der Waals surface area contributed by atoms with E-state index < -0.39 is 0 Å². The van der Waals surface area contributed by atoms with Crippen LogP contribution in [0, 0.1) is 0 Å². The third kappa shape index (κ3) is 5.65. The Labute approximate surface area is 163 Å². The summed E-state index contributed by atoms with van der Waals surface area (Å²) < 4.78 is 0. The van der Waals surface area contributed by atoms with Gasteiger partial charge in [-0.3, -0.25) is 14.6 Å². The summed E-state index contributed by atoms with van der Waals surface area (Å²) in [6.45, 7) is 0.581. The highest BCUT2D eigenvalue weighted by Gasteiger charge is 2.13. The van der Waals surface area contributed by atoms with Crippen molar-refractivity contribution in [3.8, 4) is 0 Å². The molecule has 1 atom stereocenters. The highest BCUT2D eigenvalue weighted by atomic mass is 16.1. The number of anilines is 1. The molecule has 146 valence electrons. The van der Waals surface area contributed by atoms with Gasteiger partial charge in [-0.05, 0) is 37.7 Å². The van der Waals surface area contributed by atoms with E-state index in [1.54, 1.807) is 12.3 Å². The zero-order valence-corrected chi connectivity index (χ0v) is 16.1. The molecular formula is C21H25N5O2. The number of nitrogens with one attached hydrogen (secondary N) is 3. The molecular weight excluding hydrogens is 354 g/mol. The summed E-state index contributed by atoms with van der Waals surface area (Å²) in [5.74, 6) is 0.455. The molecule has 0 fully saturated rings. The first kappa shape index (κ1) is 19.6. The third-order valence-electron chi connectivity index (χ3n) is 4.57. The Balaban J connectivity index is 1.69. The Bertz CT molecular complexity index is 1010. The number of benzene rings is 1. The fourth-order valence-electron chi connectivity index (χ4n) is 3.03. The average molecular weight is 379 g/mol. The van der Waals surface area contributed by atoms with Crippen molar-refractivity contribution in [3.05, 3.63) is 92.3 Å². The van der Waals surface area contributed by atoms with Crippen LogP contribution in [0.3, 0.4) is 0 Å². The molecule has 2 aromatic heterocycles. The standard InChI is InChI=1S/C21H25N5O2/c1-26(2)18(11-16-8-9-22-19(27)12-16)14-23-21-24-17(13-20(28)25-21)10-15-6-4-3-5-7-15/h3-9,12-13,18H,10-11,14H2,1-2H3,(H,22,27)(H2,23,24,25,28)/t18-/m1/s1. The summed E-state index contributed by atoms with van der Waals surface area (Å²) in [5, 5.41) is 3.23. The van der Waals surface area contributed by atoms with Crippen LogP contribution in [-0.4, -0.2) is 46.5 Å². The van der Waals surface area contributed by atoms with Crippen LogP contribution in [0.1, 0.15) is 16.8 Å². The lowest BCUT2D eigenvalue weighted by molar-refractivity contribution is 0.303. The van der Waals surface area contributed by atoms with E-state index in [4.69, 9.17) is 0 Å². The van der Waals surface area contributed by atoms with Crippen molar-refractivity contribution in [2.75, 3.05) is 26.0 Å². The molecule has 0 aliphatic heterocycles. The van der Waals surface area contributed by atoms with Gasteiger partial charge >= 0.3 is 0 Å². The van der Waals surface area contributed by atoms with E-state index in [-0.39, 0.29) is 17.2 Å². The van der Waals surface area contributed by atoms with Gasteiger partial charge in [-0.1, -0.05) is 30.3 Å². The highest BCUT2D eigenvalue weighted by molar-refractivity contribution is 5.29. The largest absolute Gasteiger partial charge is 0.354 e. The first-order valence-electron chi connectivity index (χ1n) is 9.21. The van der Waals surface area contributed by atoms with Crippen LogP contribution in [0.15, 0.2) is 64.3 Å². The lowest BCUT2D eigenvalue weighted by Crippen LogP contribution is -2.37. The van der Waals surface area contributed by atoms with E-state index in [0.717, 1.165) is 11.1 Å². The van der Waals surface area contributed by atoms with Gasteiger partial charge in [0.25, 0.3) is 5.56 Å². The second kappa shape index (κ2) is 9.14. The fraction of sp³-hybridized carbons (Fsp3) is 0.286. The smallest absolute Gasteiger partial charge is 0.252 e. The minimum Gasteiger partial charge on any atom is -0.354 e. The van der Waals surface area contributed by atoms with Gasteiger partial charge in [-0.25, -0.2) is 4.98 Å². The lowest BCUT2D eigenvalue weighted by atomic mass is 10.1. The Hall–Kier alpha value is -3.19. The molecule has 3 rings (SSSR count). The number of hydrogen-bond donors (Lipinski definition) is 3. The molecule has 0 unspecified atom stereocenters. The minimum atomic E-state index is -0.181. The van der Waals surface area contributed by atoms with Gasteiger partial charge < -0.3 is 15.2 Å². The molecule has 7 heteroatoms. The van der Waals surface area contributed by atoms with Crippen LogP contribution >= 0.6 is 0 Å². The molecule has 0 saturated heterocycles. The highest BCUT2D eigenvalue weighted by Crippen LogP contribution is 2.09. The van der Waals surface area contributed by atoms with Crippen molar-refractivity contribution < 1.29 is 0 Å². The van der Waals surface area contributed by atoms with E-state index in [1.165, 1.54) is 6.07 Å². The Morgan fingerprint density at radius 3 is 2.54 bits per heavy atom. The summed E-state index contributed by atoms with van der Waals surface area (Å²) >= 11 is 0. The topological polar surface area (TPSA) is 93.9 Å². The molecule has 3 N–H and O–H groups in total.